The SMILES string of the molecule is OCC(O)Cc1[nH]ccc1C1CCCCC1. The van der Waals surface area contributed by atoms with Crippen LogP contribution in [0.2, 0.25) is 0 Å². The summed E-state index contributed by atoms with van der Waals surface area (Å²) >= 11 is 0. The first-order valence-electron chi connectivity index (χ1n) is 6.26. The van der Waals surface area contributed by atoms with Gasteiger partial charge in [-0.3, -0.25) is 0 Å². The smallest absolute Gasteiger partial charge is 0.0825 e. The van der Waals surface area contributed by atoms with E-state index in [9.17, 15) is 5.11 Å². The molecule has 1 atom stereocenters. The number of aliphatic hydroxyl groups is 2. The van der Waals surface area contributed by atoms with E-state index in [1.165, 1.54) is 37.7 Å². The van der Waals surface area contributed by atoms with Crippen LogP contribution in [0.4, 0.5) is 0 Å². The van der Waals surface area contributed by atoms with Crippen LogP contribution >= 0.6 is 0 Å². The molecule has 1 aliphatic carbocycles. The van der Waals surface area contributed by atoms with Gasteiger partial charge in [0, 0.05) is 18.3 Å². The summed E-state index contributed by atoms with van der Waals surface area (Å²) in [6.07, 6.45) is 8.37. The van der Waals surface area contributed by atoms with Gasteiger partial charge < -0.3 is 15.2 Å². The lowest BCUT2D eigenvalue weighted by molar-refractivity contribution is 0.0945. The Morgan fingerprint density at radius 2 is 2.06 bits per heavy atom. The maximum Gasteiger partial charge on any atom is 0.0825 e. The zero-order valence-electron chi connectivity index (χ0n) is 9.65. The van der Waals surface area contributed by atoms with Gasteiger partial charge in [0.2, 0.25) is 0 Å². The lowest BCUT2D eigenvalue weighted by Gasteiger charge is -2.22. The number of aromatic amines is 1. The van der Waals surface area contributed by atoms with Gasteiger partial charge in [0.1, 0.15) is 0 Å². The highest BCUT2D eigenvalue weighted by Gasteiger charge is 2.20. The van der Waals surface area contributed by atoms with E-state index in [4.69, 9.17) is 5.11 Å². The third-order valence-electron chi connectivity index (χ3n) is 3.56. The molecule has 0 aromatic carbocycles. The fourth-order valence-electron chi connectivity index (χ4n) is 2.69. The fourth-order valence-corrected chi connectivity index (χ4v) is 2.69. The molecule has 0 aliphatic heterocycles. The van der Waals surface area contributed by atoms with Crippen molar-refractivity contribution in [2.24, 2.45) is 0 Å². The van der Waals surface area contributed by atoms with E-state index >= 15 is 0 Å². The number of H-pyrrole nitrogens is 1. The van der Waals surface area contributed by atoms with Crippen molar-refractivity contribution < 1.29 is 10.2 Å². The standard InChI is InChI=1S/C13H21NO2/c15-9-11(16)8-13-12(6-7-14-13)10-4-2-1-3-5-10/h6-7,10-11,14-16H,1-5,8-9H2. The molecule has 0 saturated heterocycles. The highest BCUT2D eigenvalue weighted by Crippen LogP contribution is 2.34. The summed E-state index contributed by atoms with van der Waals surface area (Å²) in [6, 6.07) is 2.13. The number of aromatic nitrogens is 1. The molecule has 1 aromatic heterocycles. The highest BCUT2D eigenvalue weighted by molar-refractivity contribution is 5.26. The van der Waals surface area contributed by atoms with Gasteiger partial charge in [0.15, 0.2) is 0 Å². The van der Waals surface area contributed by atoms with Crippen molar-refractivity contribution in [3.63, 3.8) is 0 Å². The summed E-state index contributed by atoms with van der Waals surface area (Å²) < 4.78 is 0. The van der Waals surface area contributed by atoms with Crippen molar-refractivity contribution in [3.8, 4) is 0 Å². The normalized spacial score (nSPS) is 19.9. The lowest BCUT2D eigenvalue weighted by atomic mass is 9.83. The molecule has 1 aromatic rings. The first-order valence-corrected chi connectivity index (χ1v) is 6.26. The van der Waals surface area contributed by atoms with E-state index in [1.54, 1.807) is 0 Å². The highest BCUT2D eigenvalue weighted by atomic mass is 16.3. The molecule has 3 N–H and O–H groups in total. The molecule has 3 heteroatoms. The summed E-state index contributed by atoms with van der Waals surface area (Å²) in [5.41, 5.74) is 2.46. The fraction of sp³-hybridized carbons (Fsp3) is 0.692. The zero-order valence-corrected chi connectivity index (χ0v) is 9.65. The summed E-state index contributed by atoms with van der Waals surface area (Å²) in [5, 5.41) is 18.4. The van der Waals surface area contributed by atoms with Gasteiger partial charge in [-0.25, -0.2) is 0 Å². The Kier molecular flexibility index (Phi) is 4.02. The zero-order chi connectivity index (χ0) is 11.4. The second-order valence-electron chi connectivity index (χ2n) is 4.79. The predicted octanol–water partition coefficient (Wildman–Crippen LogP) is 1.96. The Morgan fingerprint density at radius 3 is 2.75 bits per heavy atom. The molecular weight excluding hydrogens is 202 g/mol. The van der Waals surface area contributed by atoms with Crippen molar-refractivity contribution in [2.75, 3.05) is 6.61 Å². The first kappa shape index (κ1) is 11.7. The van der Waals surface area contributed by atoms with Crippen LogP contribution in [0, 0.1) is 0 Å². The van der Waals surface area contributed by atoms with Crippen molar-refractivity contribution in [3.05, 3.63) is 23.5 Å². The number of aliphatic hydroxyl groups excluding tert-OH is 2. The molecule has 0 radical (unpaired) electrons. The van der Waals surface area contributed by atoms with E-state index in [0.717, 1.165) is 5.69 Å². The van der Waals surface area contributed by atoms with Crippen LogP contribution in [-0.4, -0.2) is 27.9 Å². The van der Waals surface area contributed by atoms with E-state index in [-0.39, 0.29) is 6.61 Å². The molecular formula is C13H21NO2. The average molecular weight is 223 g/mol. The second kappa shape index (κ2) is 5.51. The van der Waals surface area contributed by atoms with E-state index in [1.807, 2.05) is 6.20 Å². The van der Waals surface area contributed by atoms with Crippen LogP contribution in [0.3, 0.4) is 0 Å². The number of rotatable bonds is 4. The van der Waals surface area contributed by atoms with Crippen LogP contribution in [0.1, 0.15) is 49.3 Å². The van der Waals surface area contributed by atoms with Crippen LogP contribution < -0.4 is 0 Å². The van der Waals surface area contributed by atoms with Crippen LogP contribution in [0.25, 0.3) is 0 Å². The molecule has 3 nitrogen and oxygen atoms in total. The predicted molar refractivity (Wildman–Crippen MR) is 63.4 cm³/mol. The number of nitrogens with one attached hydrogen (secondary N) is 1. The van der Waals surface area contributed by atoms with Gasteiger partial charge in [-0.1, -0.05) is 19.3 Å². The largest absolute Gasteiger partial charge is 0.394 e. The van der Waals surface area contributed by atoms with Crippen LogP contribution in [0.15, 0.2) is 12.3 Å². The van der Waals surface area contributed by atoms with Crippen molar-refractivity contribution >= 4 is 0 Å². The molecule has 1 saturated carbocycles. The van der Waals surface area contributed by atoms with E-state index in [2.05, 4.69) is 11.1 Å². The van der Waals surface area contributed by atoms with Gasteiger partial charge in [0.25, 0.3) is 0 Å². The Bertz CT molecular complexity index is 315. The topological polar surface area (TPSA) is 56.2 Å². The monoisotopic (exact) mass is 223 g/mol. The Balaban J connectivity index is 2.05. The minimum absolute atomic E-state index is 0.164. The van der Waals surface area contributed by atoms with Gasteiger partial charge in [-0.05, 0) is 30.4 Å². The minimum Gasteiger partial charge on any atom is -0.394 e. The summed E-state index contributed by atoms with van der Waals surface area (Å²) in [6.45, 7) is -0.164. The van der Waals surface area contributed by atoms with E-state index < -0.39 is 6.10 Å². The van der Waals surface area contributed by atoms with Gasteiger partial charge >= 0.3 is 0 Å². The quantitative estimate of drug-likeness (QED) is 0.731. The lowest BCUT2D eigenvalue weighted by Crippen LogP contribution is -2.17. The maximum atomic E-state index is 9.48. The first-order chi connectivity index (χ1) is 7.81. The van der Waals surface area contributed by atoms with Crippen molar-refractivity contribution in [1.82, 2.24) is 4.98 Å². The molecule has 90 valence electrons. The molecule has 1 fully saturated rings. The van der Waals surface area contributed by atoms with Gasteiger partial charge in [0.05, 0.1) is 12.7 Å². The Labute approximate surface area is 96.5 Å². The van der Waals surface area contributed by atoms with Gasteiger partial charge in [-0.15, -0.1) is 0 Å². The summed E-state index contributed by atoms with van der Waals surface area (Å²) in [7, 11) is 0. The van der Waals surface area contributed by atoms with Crippen molar-refractivity contribution in [1.29, 1.82) is 0 Å². The molecule has 1 heterocycles. The molecule has 1 aliphatic rings. The molecule has 0 amide bonds. The van der Waals surface area contributed by atoms with Crippen LogP contribution in [0.5, 0.6) is 0 Å². The summed E-state index contributed by atoms with van der Waals surface area (Å²) in [4.78, 5) is 3.20. The Hall–Kier alpha value is -0.800. The Morgan fingerprint density at radius 1 is 1.31 bits per heavy atom. The number of hydrogen-bond donors (Lipinski definition) is 3. The van der Waals surface area contributed by atoms with Gasteiger partial charge in [-0.2, -0.15) is 0 Å². The maximum absolute atomic E-state index is 9.48. The molecule has 0 spiro atoms. The molecule has 16 heavy (non-hydrogen) atoms. The molecule has 1 unspecified atom stereocenters. The second-order valence-corrected chi connectivity index (χ2v) is 4.79. The molecule has 2 rings (SSSR count). The average Bonchev–Trinajstić information content (AvgIpc) is 2.78. The molecule has 0 bridgehead atoms. The number of hydrogen-bond acceptors (Lipinski definition) is 2. The third-order valence-corrected chi connectivity index (χ3v) is 3.56. The van der Waals surface area contributed by atoms with Crippen LogP contribution in [-0.2, 0) is 6.42 Å². The third kappa shape index (κ3) is 2.66. The van der Waals surface area contributed by atoms with E-state index in [0.29, 0.717) is 12.3 Å². The van der Waals surface area contributed by atoms with Crippen molar-refractivity contribution in [2.45, 2.75) is 50.5 Å². The minimum atomic E-state index is -0.638. The summed E-state index contributed by atoms with van der Waals surface area (Å²) in [5.74, 6) is 0.654.